The molecule has 0 fully saturated rings. The number of hydrogen-bond donors (Lipinski definition) is 0. The number of aryl methyl sites for hydroxylation is 1. The number of sulfonamides is 1. The number of fused-ring (bicyclic) bond motifs is 1. The average Bonchev–Trinajstić information content (AvgIpc) is 2.59. The van der Waals surface area contributed by atoms with Gasteiger partial charge in [0.15, 0.2) is 0 Å². The summed E-state index contributed by atoms with van der Waals surface area (Å²) in [5.74, 6) is 0.834. The molecule has 0 bridgehead atoms. The summed E-state index contributed by atoms with van der Waals surface area (Å²) in [6, 6.07) is 9.67. The van der Waals surface area contributed by atoms with Gasteiger partial charge in [-0.3, -0.25) is 0 Å². The van der Waals surface area contributed by atoms with Gasteiger partial charge in [0, 0.05) is 19.3 Å². The van der Waals surface area contributed by atoms with Gasteiger partial charge in [-0.2, -0.15) is 4.31 Å². The van der Waals surface area contributed by atoms with Gasteiger partial charge in [-0.1, -0.05) is 23.7 Å². The van der Waals surface area contributed by atoms with E-state index < -0.39 is 10.0 Å². The third kappa shape index (κ3) is 4.93. The van der Waals surface area contributed by atoms with Crippen LogP contribution in [-0.2, 0) is 29.4 Å². The smallest absolute Gasteiger partial charge is 0.211 e. The Morgan fingerprint density at radius 3 is 2.80 bits per heavy atom. The zero-order valence-corrected chi connectivity index (χ0v) is 15.7. The first kappa shape index (κ1) is 18.2. The molecule has 2 heterocycles. The van der Waals surface area contributed by atoms with E-state index in [-0.39, 0.29) is 0 Å². The molecule has 5 nitrogen and oxygen atoms in total. The molecule has 1 aromatic heterocycles. The maximum atomic E-state index is 11.7. The molecule has 1 aliphatic heterocycles. The van der Waals surface area contributed by atoms with E-state index in [2.05, 4.69) is 4.98 Å². The molecule has 134 valence electrons. The van der Waals surface area contributed by atoms with Crippen LogP contribution >= 0.6 is 11.6 Å². The van der Waals surface area contributed by atoms with Crippen molar-refractivity contribution in [2.45, 2.75) is 25.8 Å². The van der Waals surface area contributed by atoms with Gasteiger partial charge >= 0.3 is 0 Å². The molecule has 1 aromatic carbocycles. The van der Waals surface area contributed by atoms with Gasteiger partial charge in [-0.15, -0.1) is 0 Å². The lowest BCUT2D eigenvalue weighted by Gasteiger charge is -2.27. The second-order valence-corrected chi connectivity index (χ2v) is 8.59. The molecule has 0 spiro atoms. The maximum absolute atomic E-state index is 11.7. The van der Waals surface area contributed by atoms with E-state index >= 15 is 0 Å². The largest absolute Gasteiger partial charge is 0.494 e. The molecule has 0 atom stereocenters. The number of nitrogens with zero attached hydrogens (tertiary/aromatic N) is 2. The number of halogens is 1. The normalized spacial score (nSPS) is 15.0. The van der Waals surface area contributed by atoms with Crippen LogP contribution in [0.3, 0.4) is 0 Å². The van der Waals surface area contributed by atoms with Crippen molar-refractivity contribution in [1.29, 1.82) is 0 Å². The Kier molecular flexibility index (Phi) is 5.61. The van der Waals surface area contributed by atoms with Gasteiger partial charge in [0.25, 0.3) is 0 Å². The summed E-state index contributed by atoms with van der Waals surface area (Å²) in [6.45, 7) is 1.59. The fourth-order valence-electron chi connectivity index (χ4n) is 2.90. The molecular formula is C18H21ClN2O3S. The van der Waals surface area contributed by atoms with Crippen molar-refractivity contribution in [2.24, 2.45) is 0 Å². The second kappa shape index (κ2) is 7.72. The van der Waals surface area contributed by atoms with Crippen molar-refractivity contribution in [2.75, 3.05) is 19.4 Å². The van der Waals surface area contributed by atoms with E-state index in [9.17, 15) is 8.42 Å². The zero-order chi connectivity index (χ0) is 17.9. The van der Waals surface area contributed by atoms with Crippen molar-refractivity contribution < 1.29 is 13.2 Å². The van der Waals surface area contributed by atoms with Crippen LogP contribution < -0.4 is 4.74 Å². The minimum Gasteiger partial charge on any atom is -0.494 e. The first-order chi connectivity index (χ1) is 11.9. The van der Waals surface area contributed by atoms with Crippen molar-refractivity contribution in [3.8, 4) is 5.75 Å². The van der Waals surface area contributed by atoms with Gasteiger partial charge in [0.1, 0.15) is 10.9 Å². The molecule has 0 N–H and O–H groups in total. The number of ether oxygens (including phenoxy) is 1. The molecule has 2 aromatic rings. The lowest BCUT2D eigenvalue weighted by atomic mass is 10.0. The Morgan fingerprint density at radius 1 is 1.24 bits per heavy atom. The minimum absolute atomic E-state index is 0.442. The van der Waals surface area contributed by atoms with Crippen molar-refractivity contribution in [3.63, 3.8) is 0 Å². The third-order valence-corrected chi connectivity index (χ3v) is 5.76. The Bertz CT molecular complexity index is 838. The third-order valence-electron chi connectivity index (χ3n) is 4.29. The molecule has 0 radical (unpaired) electrons. The van der Waals surface area contributed by atoms with Gasteiger partial charge in [0.2, 0.25) is 10.0 Å². The summed E-state index contributed by atoms with van der Waals surface area (Å²) in [6.07, 6.45) is 5.54. The highest BCUT2D eigenvalue weighted by atomic mass is 35.5. The summed E-state index contributed by atoms with van der Waals surface area (Å²) in [4.78, 5) is 4.07. The summed E-state index contributed by atoms with van der Waals surface area (Å²) >= 11 is 5.77. The minimum atomic E-state index is -3.14. The molecular weight excluding hydrogens is 360 g/mol. The SMILES string of the molecule is CS(=O)(=O)N1CCc2cc(OCCCc3ccc(Cl)nc3)ccc2C1. The highest BCUT2D eigenvalue weighted by Crippen LogP contribution is 2.25. The van der Waals surface area contributed by atoms with Crippen LogP contribution in [0.15, 0.2) is 36.5 Å². The summed E-state index contributed by atoms with van der Waals surface area (Å²) < 4.78 is 30.7. The summed E-state index contributed by atoms with van der Waals surface area (Å²) in [7, 11) is -3.14. The van der Waals surface area contributed by atoms with E-state index in [0.29, 0.717) is 24.8 Å². The number of rotatable bonds is 6. The van der Waals surface area contributed by atoms with Gasteiger partial charge < -0.3 is 4.74 Å². The first-order valence-electron chi connectivity index (χ1n) is 8.22. The van der Waals surface area contributed by atoms with Gasteiger partial charge in [-0.25, -0.2) is 13.4 Å². The highest BCUT2D eigenvalue weighted by molar-refractivity contribution is 7.88. The van der Waals surface area contributed by atoms with Gasteiger partial charge in [-0.05, 0) is 54.2 Å². The van der Waals surface area contributed by atoms with E-state index in [0.717, 1.165) is 36.1 Å². The summed E-state index contributed by atoms with van der Waals surface area (Å²) in [5, 5.41) is 0.503. The molecule has 3 rings (SSSR count). The second-order valence-electron chi connectivity index (χ2n) is 6.22. The van der Waals surface area contributed by atoms with E-state index in [1.807, 2.05) is 24.3 Å². The topological polar surface area (TPSA) is 59.5 Å². The van der Waals surface area contributed by atoms with E-state index in [4.69, 9.17) is 16.3 Å². The fourth-order valence-corrected chi connectivity index (χ4v) is 3.81. The number of aromatic nitrogens is 1. The Morgan fingerprint density at radius 2 is 2.08 bits per heavy atom. The summed E-state index contributed by atoms with van der Waals surface area (Å²) in [5.41, 5.74) is 3.36. The standard InChI is InChI=1S/C18H21ClN2O3S/c1-25(22,23)21-9-8-15-11-17(6-5-16(15)13-21)24-10-2-3-14-4-7-18(19)20-12-14/h4-7,11-12H,2-3,8-10,13H2,1H3. The van der Waals surface area contributed by atoms with Gasteiger partial charge in [0.05, 0.1) is 12.9 Å². The molecule has 0 saturated carbocycles. The predicted octanol–water partition coefficient (Wildman–Crippen LogP) is 3.06. The Balaban J connectivity index is 1.52. The van der Waals surface area contributed by atoms with Crippen LogP contribution in [-0.4, -0.2) is 37.1 Å². The predicted molar refractivity (Wildman–Crippen MR) is 98.5 cm³/mol. The lowest BCUT2D eigenvalue weighted by molar-refractivity contribution is 0.309. The average molecular weight is 381 g/mol. The molecule has 25 heavy (non-hydrogen) atoms. The fraction of sp³-hybridized carbons (Fsp3) is 0.389. The molecule has 7 heteroatoms. The molecule has 0 saturated heterocycles. The lowest BCUT2D eigenvalue weighted by Crippen LogP contribution is -2.35. The quantitative estimate of drug-likeness (QED) is 0.570. The molecule has 0 unspecified atom stereocenters. The van der Waals surface area contributed by atoms with E-state index in [1.165, 1.54) is 16.1 Å². The van der Waals surface area contributed by atoms with Crippen LogP contribution in [0, 0.1) is 0 Å². The van der Waals surface area contributed by atoms with Crippen LogP contribution in [0.2, 0.25) is 5.15 Å². The number of benzene rings is 1. The number of hydrogen-bond acceptors (Lipinski definition) is 4. The van der Waals surface area contributed by atoms with Crippen LogP contribution in [0.25, 0.3) is 0 Å². The Labute approximate surface area is 153 Å². The highest BCUT2D eigenvalue weighted by Gasteiger charge is 2.23. The van der Waals surface area contributed by atoms with Crippen molar-refractivity contribution in [3.05, 3.63) is 58.4 Å². The zero-order valence-electron chi connectivity index (χ0n) is 14.1. The first-order valence-corrected chi connectivity index (χ1v) is 10.4. The van der Waals surface area contributed by atoms with Crippen molar-refractivity contribution >= 4 is 21.6 Å². The van der Waals surface area contributed by atoms with Crippen LogP contribution in [0.4, 0.5) is 0 Å². The Hall–Kier alpha value is -1.63. The van der Waals surface area contributed by atoms with E-state index in [1.54, 1.807) is 12.3 Å². The maximum Gasteiger partial charge on any atom is 0.211 e. The van der Waals surface area contributed by atoms with Crippen molar-refractivity contribution in [1.82, 2.24) is 9.29 Å². The molecule has 0 aliphatic carbocycles. The van der Waals surface area contributed by atoms with Crippen LogP contribution in [0.5, 0.6) is 5.75 Å². The number of pyridine rings is 1. The molecule has 0 amide bonds. The molecule has 1 aliphatic rings. The monoisotopic (exact) mass is 380 g/mol. The van der Waals surface area contributed by atoms with Crippen LogP contribution in [0.1, 0.15) is 23.1 Å².